The van der Waals surface area contributed by atoms with Crippen LogP contribution in [0.5, 0.6) is 0 Å². The molecule has 100 valence electrons. The minimum atomic E-state index is -0.342. The number of alkyl halides is 1. The van der Waals surface area contributed by atoms with Crippen molar-refractivity contribution in [1.29, 1.82) is 0 Å². The molecule has 0 aromatic heterocycles. The van der Waals surface area contributed by atoms with Crippen LogP contribution in [-0.4, -0.2) is 17.5 Å². The maximum absolute atomic E-state index is 10.9. The average Bonchev–Trinajstić information content (AvgIpc) is 2.36. The molecule has 5 heteroatoms. The Morgan fingerprint density at radius 1 is 1.44 bits per heavy atom. The molecule has 0 aliphatic carbocycles. The van der Waals surface area contributed by atoms with E-state index < -0.39 is 0 Å². The molecule has 0 saturated heterocycles. The van der Waals surface area contributed by atoms with E-state index in [9.17, 15) is 10.1 Å². The van der Waals surface area contributed by atoms with Crippen LogP contribution in [0.2, 0.25) is 0 Å². The second kappa shape index (κ2) is 5.69. The van der Waals surface area contributed by atoms with Crippen LogP contribution < -0.4 is 4.90 Å². The van der Waals surface area contributed by atoms with Crippen LogP contribution in [0.1, 0.15) is 32.8 Å². The van der Waals surface area contributed by atoms with E-state index in [0.29, 0.717) is 10.9 Å². The largest absolute Gasteiger partial charge is 0.369 e. The van der Waals surface area contributed by atoms with Crippen molar-refractivity contribution >= 4 is 27.3 Å². The van der Waals surface area contributed by atoms with Crippen LogP contribution in [0.15, 0.2) is 18.2 Å². The monoisotopic (exact) mass is 314 g/mol. The highest BCUT2D eigenvalue weighted by atomic mass is 79.9. The highest BCUT2D eigenvalue weighted by Gasteiger charge is 2.23. The summed E-state index contributed by atoms with van der Waals surface area (Å²) < 4.78 is 0. The van der Waals surface area contributed by atoms with Crippen molar-refractivity contribution in [2.75, 3.05) is 11.9 Å². The number of nitrogens with zero attached hydrogens (tertiary/aromatic N) is 2. The molecule has 0 spiro atoms. The Balaban J connectivity index is 3.17. The number of benzene rings is 1. The van der Waals surface area contributed by atoms with Crippen molar-refractivity contribution in [3.63, 3.8) is 0 Å². The summed E-state index contributed by atoms with van der Waals surface area (Å²) in [6.07, 6.45) is 1.00. The molecule has 0 saturated carbocycles. The Hall–Kier alpha value is -1.10. The fourth-order valence-electron chi connectivity index (χ4n) is 1.65. The zero-order chi connectivity index (χ0) is 13.9. The molecule has 1 aromatic rings. The van der Waals surface area contributed by atoms with Gasteiger partial charge < -0.3 is 4.90 Å². The van der Waals surface area contributed by atoms with Crippen LogP contribution in [0.25, 0.3) is 0 Å². The summed E-state index contributed by atoms with van der Waals surface area (Å²) in [5.74, 6) is 0. The van der Waals surface area contributed by atoms with Gasteiger partial charge in [0.25, 0.3) is 5.69 Å². The average molecular weight is 315 g/mol. The van der Waals surface area contributed by atoms with E-state index in [-0.39, 0.29) is 16.1 Å². The molecule has 0 bridgehead atoms. The molecular weight excluding hydrogens is 296 g/mol. The summed E-state index contributed by atoms with van der Waals surface area (Å²) in [4.78, 5) is 12.7. The van der Waals surface area contributed by atoms with Gasteiger partial charge in [0.05, 0.1) is 4.92 Å². The smallest absolute Gasteiger partial charge is 0.273 e. The quantitative estimate of drug-likeness (QED) is 0.466. The van der Waals surface area contributed by atoms with Gasteiger partial charge in [0.2, 0.25) is 0 Å². The summed E-state index contributed by atoms with van der Waals surface area (Å²) >= 11 is 3.30. The minimum absolute atomic E-state index is 0.0275. The molecular formula is C13H19BrN2O2. The molecule has 18 heavy (non-hydrogen) atoms. The van der Waals surface area contributed by atoms with Gasteiger partial charge in [0.1, 0.15) is 0 Å². The number of rotatable bonds is 5. The molecule has 0 unspecified atom stereocenters. The van der Waals surface area contributed by atoms with Crippen molar-refractivity contribution in [2.24, 2.45) is 0 Å². The summed E-state index contributed by atoms with van der Waals surface area (Å²) in [6.45, 7) is 6.44. The van der Waals surface area contributed by atoms with Gasteiger partial charge in [-0.1, -0.05) is 22.9 Å². The first-order valence-electron chi connectivity index (χ1n) is 5.90. The number of hydrogen-bond donors (Lipinski definition) is 0. The van der Waals surface area contributed by atoms with Gasteiger partial charge in [0.15, 0.2) is 0 Å². The molecule has 0 atom stereocenters. The van der Waals surface area contributed by atoms with Crippen molar-refractivity contribution in [3.05, 3.63) is 33.9 Å². The molecule has 1 rings (SSSR count). The molecule has 0 fully saturated rings. The number of hydrogen-bond acceptors (Lipinski definition) is 3. The van der Waals surface area contributed by atoms with Gasteiger partial charge in [-0.2, -0.15) is 0 Å². The summed E-state index contributed by atoms with van der Waals surface area (Å²) in [6, 6.07) is 5.26. The van der Waals surface area contributed by atoms with Gasteiger partial charge in [-0.15, -0.1) is 0 Å². The van der Waals surface area contributed by atoms with Crippen LogP contribution >= 0.6 is 15.9 Å². The van der Waals surface area contributed by atoms with E-state index in [1.165, 1.54) is 0 Å². The van der Waals surface area contributed by atoms with E-state index in [0.717, 1.165) is 12.1 Å². The van der Waals surface area contributed by atoms with Crippen molar-refractivity contribution in [3.8, 4) is 0 Å². The van der Waals surface area contributed by atoms with Crippen LogP contribution in [0, 0.1) is 10.1 Å². The lowest BCUT2D eigenvalue weighted by Crippen LogP contribution is -2.40. The van der Waals surface area contributed by atoms with E-state index >= 15 is 0 Å². The normalized spacial score (nSPS) is 11.4. The Morgan fingerprint density at radius 2 is 2.06 bits per heavy atom. The standard InChI is InChI=1S/C13H19BrN2O2/c1-5-13(2,3)15(4)11-6-7-12(16(17)18)10(8-11)9-14/h6-8H,5,9H2,1-4H3. The van der Waals surface area contributed by atoms with Crippen molar-refractivity contribution in [1.82, 2.24) is 0 Å². The molecule has 4 nitrogen and oxygen atoms in total. The lowest BCUT2D eigenvalue weighted by molar-refractivity contribution is -0.385. The minimum Gasteiger partial charge on any atom is -0.369 e. The number of nitro groups is 1. The van der Waals surface area contributed by atoms with Gasteiger partial charge in [-0.25, -0.2) is 0 Å². The zero-order valence-electron chi connectivity index (χ0n) is 11.2. The van der Waals surface area contributed by atoms with E-state index in [1.54, 1.807) is 6.07 Å². The third-order valence-corrected chi connectivity index (χ3v) is 4.17. The molecule has 1 aromatic carbocycles. The Labute approximate surface area is 116 Å². The Kier molecular flexibility index (Phi) is 4.73. The van der Waals surface area contributed by atoms with Crippen LogP contribution in [0.3, 0.4) is 0 Å². The molecule has 0 heterocycles. The molecule has 0 aliphatic heterocycles. The molecule has 0 aliphatic rings. The van der Waals surface area contributed by atoms with E-state index in [4.69, 9.17) is 0 Å². The Morgan fingerprint density at radius 3 is 2.50 bits per heavy atom. The highest BCUT2D eigenvalue weighted by molar-refractivity contribution is 9.08. The van der Waals surface area contributed by atoms with Gasteiger partial charge >= 0.3 is 0 Å². The van der Waals surface area contributed by atoms with Gasteiger partial charge in [-0.05, 0) is 32.4 Å². The predicted molar refractivity (Wildman–Crippen MR) is 78.5 cm³/mol. The second-order valence-electron chi connectivity index (χ2n) is 4.93. The third-order valence-electron chi connectivity index (χ3n) is 3.56. The van der Waals surface area contributed by atoms with Crippen LogP contribution in [-0.2, 0) is 5.33 Å². The fourth-order valence-corrected chi connectivity index (χ4v) is 2.10. The van der Waals surface area contributed by atoms with E-state index in [1.807, 2.05) is 19.2 Å². The maximum Gasteiger partial charge on any atom is 0.273 e. The highest BCUT2D eigenvalue weighted by Crippen LogP contribution is 2.30. The lowest BCUT2D eigenvalue weighted by atomic mass is 9.98. The summed E-state index contributed by atoms with van der Waals surface area (Å²) in [7, 11) is 2.02. The second-order valence-corrected chi connectivity index (χ2v) is 5.49. The zero-order valence-corrected chi connectivity index (χ0v) is 12.8. The SMILES string of the molecule is CCC(C)(C)N(C)c1ccc([N+](=O)[O-])c(CBr)c1. The lowest BCUT2D eigenvalue weighted by Gasteiger charge is -2.37. The van der Waals surface area contributed by atoms with Crippen molar-refractivity contribution < 1.29 is 4.92 Å². The number of nitro benzene ring substituents is 1. The summed E-state index contributed by atoms with van der Waals surface area (Å²) in [5, 5.41) is 11.4. The maximum atomic E-state index is 10.9. The number of halogens is 1. The van der Waals surface area contributed by atoms with E-state index in [2.05, 4.69) is 41.6 Å². The molecule has 0 amide bonds. The number of anilines is 1. The first-order valence-corrected chi connectivity index (χ1v) is 7.02. The van der Waals surface area contributed by atoms with Crippen LogP contribution in [0.4, 0.5) is 11.4 Å². The molecule has 0 N–H and O–H groups in total. The van der Waals surface area contributed by atoms with Gasteiger partial charge in [-0.3, -0.25) is 10.1 Å². The third kappa shape index (κ3) is 3.02. The fraction of sp³-hybridized carbons (Fsp3) is 0.538. The predicted octanol–water partition coefficient (Wildman–Crippen LogP) is 4.11. The first-order chi connectivity index (χ1) is 8.33. The Bertz CT molecular complexity index is 447. The molecule has 0 radical (unpaired) electrons. The first kappa shape index (κ1) is 15.0. The topological polar surface area (TPSA) is 46.4 Å². The van der Waals surface area contributed by atoms with Crippen molar-refractivity contribution in [2.45, 2.75) is 38.1 Å². The summed E-state index contributed by atoms with van der Waals surface area (Å²) in [5.41, 5.74) is 1.90. The van der Waals surface area contributed by atoms with Gasteiger partial charge in [0, 0.05) is 35.2 Å².